The van der Waals surface area contributed by atoms with Gasteiger partial charge in [-0.1, -0.05) is 19.9 Å². The molecule has 1 unspecified atom stereocenters. The number of rotatable bonds is 7. The van der Waals surface area contributed by atoms with Gasteiger partial charge in [-0.05, 0) is 41.6 Å². The Hall–Kier alpha value is -2.35. The molecule has 1 atom stereocenters. The van der Waals surface area contributed by atoms with E-state index in [1.165, 1.54) is 10.4 Å². The molecular weight excluding hydrogens is 396 g/mol. The fourth-order valence-electron chi connectivity index (χ4n) is 3.89. The smallest absolute Gasteiger partial charge is 0.319 e. The van der Waals surface area contributed by atoms with Gasteiger partial charge in [0, 0.05) is 53.8 Å². The molecule has 3 aromatic rings. The number of urea groups is 1. The van der Waals surface area contributed by atoms with Gasteiger partial charge in [-0.3, -0.25) is 4.90 Å². The van der Waals surface area contributed by atoms with E-state index in [2.05, 4.69) is 58.3 Å². The van der Waals surface area contributed by atoms with Crippen LogP contribution in [0.4, 0.5) is 10.5 Å². The third-order valence-corrected chi connectivity index (χ3v) is 6.55. The molecule has 1 aliphatic rings. The Bertz CT molecular complexity index is 961. The number of carbonyl (C=O) groups excluding carboxylic acids is 1. The average molecular weight is 427 g/mol. The lowest BCUT2D eigenvalue weighted by Crippen LogP contribution is -2.38. The van der Waals surface area contributed by atoms with Crippen LogP contribution in [0, 0.1) is 5.92 Å². The number of thiophene rings is 1. The summed E-state index contributed by atoms with van der Waals surface area (Å²) in [6.07, 6.45) is 2.13. The van der Waals surface area contributed by atoms with Crippen molar-refractivity contribution in [2.45, 2.75) is 26.4 Å². The molecule has 0 aliphatic carbocycles. The van der Waals surface area contributed by atoms with Crippen molar-refractivity contribution in [2.24, 2.45) is 5.92 Å². The first-order chi connectivity index (χ1) is 14.6. The minimum absolute atomic E-state index is 0.00926. The predicted molar refractivity (Wildman–Crippen MR) is 123 cm³/mol. The Morgan fingerprint density at radius 2 is 2.00 bits per heavy atom. The average Bonchev–Trinajstić information content (AvgIpc) is 3.41. The van der Waals surface area contributed by atoms with Crippen LogP contribution in [-0.4, -0.2) is 48.3 Å². The summed E-state index contributed by atoms with van der Waals surface area (Å²) in [6, 6.07) is 12.1. The number of nitrogens with one attached hydrogen (secondary N) is 2. The summed E-state index contributed by atoms with van der Waals surface area (Å²) in [6.45, 7) is 9.88. The van der Waals surface area contributed by atoms with Crippen molar-refractivity contribution in [3.05, 3.63) is 52.9 Å². The SMILES string of the molecule is CC(C)C(NC(=O)Nc1ccc2c(ccn2CCN2CCOCC2)c1)c1cccs1. The van der Waals surface area contributed by atoms with E-state index in [-0.39, 0.29) is 12.1 Å². The Balaban J connectivity index is 1.38. The first kappa shape index (κ1) is 20.9. The zero-order valence-corrected chi connectivity index (χ0v) is 18.5. The number of hydrogen-bond donors (Lipinski definition) is 2. The fraction of sp³-hybridized carbons (Fsp3) is 0.435. The van der Waals surface area contributed by atoms with Gasteiger partial charge in [-0.2, -0.15) is 0 Å². The quantitative estimate of drug-likeness (QED) is 0.583. The van der Waals surface area contributed by atoms with Gasteiger partial charge in [0.15, 0.2) is 0 Å². The Labute approximate surface area is 181 Å². The van der Waals surface area contributed by atoms with Crippen LogP contribution in [0.2, 0.25) is 0 Å². The Morgan fingerprint density at radius 1 is 1.17 bits per heavy atom. The molecule has 160 valence electrons. The summed E-state index contributed by atoms with van der Waals surface area (Å²) in [4.78, 5) is 16.2. The molecule has 0 radical (unpaired) electrons. The molecule has 7 heteroatoms. The summed E-state index contributed by atoms with van der Waals surface area (Å²) in [5, 5.41) is 9.29. The summed E-state index contributed by atoms with van der Waals surface area (Å²) in [7, 11) is 0. The summed E-state index contributed by atoms with van der Waals surface area (Å²) in [5.74, 6) is 0.317. The van der Waals surface area contributed by atoms with Gasteiger partial charge in [-0.25, -0.2) is 4.79 Å². The molecule has 30 heavy (non-hydrogen) atoms. The molecule has 0 bridgehead atoms. The highest BCUT2D eigenvalue weighted by Gasteiger charge is 2.19. The number of hydrogen-bond acceptors (Lipinski definition) is 4. The van der Waals surface area contributed by atoms with Crippen molar-refractivity contribution >= 4 is 34.0 Å². The minimum atomic E-state index is -0.173. The first-order valence-electron chi connectivity index (χ1n) is 10.6. The van der Waals surface area contributed by atoms with Crippen LogP contribution >= 0.6 is 11.3 Å². The molecule has 1 fully saturated rings. The fourth-order valence-corrected chi connectivity index (χ4v) is 4.84. The van der Waals surface area contributed by atoms with Crippen molar-refractivity contribution < 1.29 is 9.53 Å². The molecule has 6 nitrogen and oxygen atoms in total. The Morgan fingerprint density at radius 3 is 2.73 bits per heavy atom. The topological polar surface area (TPSA) is 58.5 Å². The third-order valence-electron chi connectivity index (χ3n) is 5.59. The summed E-state index contributed by atoms with van der Waals surface area (Å²) in [5.41, 5.74) is 1.99. The van der Waals surface area contributed by atoms with Crippen molar-refractivity contribution in [3.63, 3.8) is 0 Å². The molecule has 2 amide bonds. The van der Waals surface area contributed by atoms with E-state index in [1.807, 2.05) is 23.6 Å². The highest BCUT2D eigenvalue weighted by atomic mass is 32.1. The predicted octanol–water partition coefficient (Wildman–Crippen LogP) is 4.55. The maximum Gasteiger partial charge on any atom is 0.319 e. The van der Waals surface area contributed by atoms with Gasteiger partial charge in [0.2, 0.25) is 0 Å². The molecule has 2 N–H and O–H groups in total. The molecule has 2 aromatic heterocycles. The minimum Gasteiger partial charge on any atom is -0.379 e. The largest absolute Gasteiger partial charge is 0.379 e. The zero-order valence-electron chi connectivity index (χ0n) is 17.6. The number of ether oxygens (including phenoxy) is 1. The number of anilines is 1. The monoisotopic (exact) mass is 426 g/mol. The molecule has 1 aromatic carbocycles. The molecule has 4 rings (SSSR count). The highest BCUT2D eigenvalue weighted by molar-refractivity contribution is 7.10. The first-order valence-corrected chi connectivity index (χ1v) is 11.5. The van der Waals surface area contributed by atoms with E-state index in [0.29, 0.717) is 5.92 Å². The van der Waals surface area contributed by atoms with Crippen molar-refractivity contribution in [3.8, 4) is 0 Å². The van der Waals surface area contributed by atoms with E-state index in [1.54, 1.807) is 11.3 Å². The van der Waals surface area contributed by atoms with E-state index >= 15 is 0 Å². The number of benzene rings is 1. The van der Waals surface area contributed by atoms with Gasteiger partial charge in [0.25, 0.3) is 0 Å². The van der Waals surface area contributed by atoms with E-state index in [4.69, 9.17) is 4.74 Å². The zero-order chi connectivity index (χ0) is 20.9. The lowest BCUT2D eigenvalue weighted by Gasteiger charge is -2.26. The van der Waals surface area contributed by atoms with Crippen molar-refractivity contribution in [2.75, 3.05) is 38.2 Å². The number of aromatic nitrogens is 1. The highest BCUT2D eigenvalue weighted by Crippen LogP contribution is 2.26. The maximum atomic E-state index is 12.6. The second-order valence-corrected chi connectivity index (χ2v) is 9.05. The molecular formula is C23H30N4O2S. The van der Waals surface area contributed by atoms with Gasteiger partial charge in [0.05, 0.1) is 19.3 Å². The molecule has 0 saturated carbocycles. The molecule has 3 heterocycles. The van der Waals surface area contributed by atoms with E-state index < -0.39 is 0 Å². The van der Waals surface area contributed by atoms with Crippen LogP contribution in [-0.2, 0) is 11.3 Å². The second-order valence-electron chi connectivity index (χ2n) is 8.07. The van der Waals surface area contributed by atoms with Crippen molar-refractivity contribution in [1.29, 1.82) is 0 Å². The van der Waals surface area contributed by atoms with Gasteiger partial charge in [0.1, 0.15) is 0 Å². The number of fused-ring (bicyclic) bond motifs is 1. The van der Waals surface area contributed by atoms with Crippen LogP contribution in [0.3, 0.4) is 0 Å². The molecule has 0 spiro atoms. The lowest BCUT2D eigenvalue weighted by atomic mass is 10.0. The van der Waals surface area contributed by atoms with Crippen molar-refractivity contribution in [1.82, 2.24) is 14.8 Å². The number of nitrogens with zero attached hydrogens (tertiary/aromatic N) is 2. The van der Waals surface area contributed by atoms with Crippen LogP contribution in [0.25, 0.3) is 10.9 Å². The molecule has 1 saturated heterocycles. The second kappa shape index (κ2) is 9.64. The van der Waals surface area contributed by atoms with Crippen LogP contribution in [0.5, 0.6) is 0 Å². The van der Waals surface area contributed by atoms with E-state index in [9.17, 15) is 4.79 Å². The summed E-state index contributed by atoms with van der Waals surface area (Å²) >= 11 is 1.67. The van der Waals surface area contributed by atoms with Gasteiger partial charge in [-0.15, -0.1) is 11.3 Å². The van der Waals surface area contributed by atoms with Gasteiger partial charge >= 0.3 is 6.03 Å². The van der Waals surface area contributed by atoms with Crippen LogP contribution in [0.15, 0.2) is 48.0 Å². The number of amides is 2. The van der Waals surface area contributed by atoms with Crippen LogP contribution in [0.1, 0.15) is 24.8 Å². The standard InChI is InChI=1S/C23H30N4O2S/c1-17(2)22(21-4-3-15-30-21)25-23(28)24-19-5-6-20-18(16-19)7-8-27(20)10-9-26-11-13-29-14-12-26/h3-8,15-17,22H,9-14H2,1-2H3,(H2,24,25,28). The Kier molecular flexibility index (Phi) is 6.72. The van der Waals surface area contributed by atoms with Gasteiger partial charge < -0.3 is 19.9 Å². The summed E-state index contributed by atoms with van der Waals surface area (Å²) < 4.78 is 7.70. The third kappa shape index (κ3) is 5.03. The number of carbonyl (C=O) groups is 1. The number of morpholine rings is 1. The van der Waals surface area contributed by atoms with Crippen LogP contribution < -0.4 is 10.6 Å². The maximum absolute atomic E-state index is 12.6. The lowest BCUT2D eigenvalue weighted by molar-refractivity contribution is 0.0365. The van der Waals surface area contributed by atoms with E-state index in [0.717, 1.165) is 50.5 Å². The molecule has 1 aliphatic heterocycles. The normalized spacial score (nSPS) is 16.1.